The van der Waals surface area contributed by atoms with Crippen molar-refractivity contribution in [1.29, 1.82) is 0 Å². The van der Waals surface area contributed by atoms with Crippen LogP contribution in [0.5, 0.6) is 0 Å². The Morgan fingerprint density at radius 1 is 1.60 bits per heavy atom. The lowest BCUT2D eigenvalue weighted by atomic mass is 10.4. The predicted octanol–water partition coefficient (Wildman–Crippen LogP) is 1.59. The van der Waals surface area contributed by atoms with E-state index in [1.807, 2.05) is 18.9 Å². The van der Waals surface area contributed by atoms with Crippen LogP contribution < -0.4 is 0 Å². The van der Waals surface area contributed by atoms with E-state index in [4.69, 9.17) is 0 Å². The molecule has 1 nitrogen and oxygen atoms in total. The fourth-order valence-electron chi connectivity index (χ4n) is 0.973. The van der Waals surface area contributed by atoms with Crippen LogP contribution in [0.15, 0.2) is 0 Å². The molecule has 60 valence electrons. The van der Waals surface area contributed by atoms with E-state index in [2.05, 4.69) is 0 Å². The summed E-state index contributed by atoms with van der Waals surface area (Å²) in [6.45, 7) is 3.37. The van der Waals surface area contributed by atoms with Gasteiger partial charge in [-0.3, -0.25) is 0 Å². The van der Waals surface area contributed by atoms with Gasteiger partial charge in [0.05, 0.1) is 0 Å². The second kappa shape index (κ2) is 2.46. The standard InChI is InChI=1S/C7H13F2N/c1-3-10(2)5-6-4-7(6,8)9/h6H,3-5H2,1-2H3/t6-/m1/s1. The summed E-state index contributed by atoms with van der Waals surface area (Å²) in [6.07, 6.45) is 0.0946. The molecule has 0 saturated heterocycles. The summed E-state index contributed by atoms with van der Waals surface area (Å²) < 4.78 is 24.5. The molecule has 1 saturated carbocycles. The van der Waals surface area contributed by atoms with Crippen molar-refractivity contribution >= 4 is 0 Å². The molecule has 1 aliphatic carbocycles. The van der Waals surface area contributed by atoms with Crippen LogP contribution in [0.2, 0.25) is 0 Å². The molecule has 0 aromatic rings. The maximum Gasteiger partial charge on any atom is 0.252 e. The van der Waals surface area contributed by atoms with Gasteiger partial charge in [0.25, 0.3) is 5.92 Å². The molecule has 0 amide bonds. The maximum atomic E-state index is 12.3. The lowest BCUT2D eigenvalue weighted by Crippen LogP contribution is -2.22. The molecular weight excluding hydrogens is 136 g/mol. The van der Waals surface area contributed by atoms with Crippen molar-refractivity contribution in [1.82, 2.24) is 4.90 Å². The highest BCUT2D eigenvalue weighted by Gasteiger charge is 2.56. The van der Waals surface area contributed by atoms with Crippen LogP contribution >= 0.6 is 0 Å². The largest absolute Gasteiger partial charge is 0.306 e. The number of hydrogen-bond donors (Lipinski definition) is 0. The molecule has 1 atom stereocenters. The van der Waals surface area contributed by atoms with Crippen molar-refractivity contribution < 1.29 is 8.78 Å². The van der Waals surface area contributed by atoms with Crippen molar-refractivity contribution in [2.75, 3.05) is 20.1 Å². The van der Waals surface area contributed by atoms with E-state index in [1.165, 1.54) is 0 Å². The van der Waals surface area contributed by atoms with E-state index < -0.39 is 5.92 Å². The molecule has 1 rings (SSSR count). The van der Waals surface area contributed by atoms with Gasteiger partial charge in [-0.15, -0.1) is 0 Å². The molecule has 0 radical (unpaired) electrons. The van der Waals surface area contributed by atoms with Gasteiger partial charge in [-0.25, -0.2) is 8.78 Å². The second-order valence-electron chi connectivity index (χ2n) is 3.02. The minimum absolute atomic E-state index is 0.0946. The molecule has 0 unspecified atom stereocenters. The highest BCUT2D eigenvalue weighted by Crippen LogP contribution is 2.48. The minimum atomic E-state index is -2.34. The predicted molar refractivity (Wildman–Crippen MR) is 36.2 cm³/mol. The van der Waals surface area contributed by atoms with Gasteiger partial charge in [0.1, 0.15) is 0 Å². The monoisotopic (exact) mass is 149 g/mol. The molecule has 0 aliphatic heterocycles. The third-order valence-corrected chi connectivity index (χ3v) is 2.03. The van der Waals surface area contributed by atoms with Gasteiger partial charge in [0, 0.05) is 18.9 Å². The first-order chi connectivity index (χ1) is 4.56. The summed E-state index contributed by atoms with van der Waals surface area (Å²) in [4.78, 5) is 1.92. The van der Waals surface area contributed by atoms with Crippen LogP contribution in [-0.2, 0) is 0 Å². The highest BCUT2D eigenvalue weighted by molar-refractivity contribution is 4.96. The average molecular weight is 149 g/mol. The van der Waals surface area contributed by atoms with Gasteiger partial charge in [0.15, 0.2) is 0 Å². The van der Waals surface area contributed by atoms with Crippen LogP contribution in [0.25, 0.3) is 0 Å². The number of nitrogens with zero attached hydrogens (tertiary/aromatic N) is 1. The maximum absolute atomic E-state index is 12.3. The number of rotatable bonds is 3. The van der Waals surface area contributed by atoms with Gasteiger partial charge < -0.3 is 4.90 Å². The summed E-state index contributed by atoms with van der Waals surface area (Å²) in [5, 5.41) is 0. The van der Waals surface area contributed by atoms with Crippen molar-refractivity contribution in [2.24, 2.45) is 5.92 Å². The highest BCUT2D eigenvalue weighted by atomic mass is 19.3. The molecule has 3 heteroatoms. The topological polar surface area (TPSA) is 3.24 Å². The van der Waals surface area contributed by atoms with E-state index in [-0.39, 0.29) is 12.3 Å². The van der Waals surface area contributed by atoms with Crippen molar-refractivity contribution in [2.45, 2.75) is 19.3 Å². The van der Waals surface area contributed by atoms with E-state index >= 15 is 0 Å². The van der Waals surface area contributed by atoms with Crippen molar-refractivity contribution in [3.05, 3.63) is 0 Å². The van der Waals surface area contributed by atoms with E-state index in [9.17, 15) is 8.78 Å². The number of halogens is 2. The molecule has 10 heavy (non-hydrogen) atoms. The van der Waals surface area contributed by atoms with Crippen LogP contribution in [0.3, 0.4) is 0 Å². The Hall–Kier alpha value is -0.180. The molecule has 1 aliphatic rings. The molecule has 0 aromatic carbocycles. The van der Waals surface area contributed by atoms with Gasteiger partial charge >= 0.3 is 0 Å². The van der Waals surface area contributed by atoms with Crippen LogP contribution in [0, 0.1) is 5.92 Å². The molecular formula is C7H13F2N. The van der Waals surface area contributed by atoms with Gasteiger partial charge in [-0.1, -0.05) is 6.92 Å². The van der Waals surface area contributed by atoms with E-state index in [0.29, 0.717) is 6.54 Å². The average Bonchev–Trinajstić information content (AvgIpc) is 2.40. The van der Waals surface area contributed by atoms with E-state index in [1.54, 1.807) is 0 Å². The third kappa shape index (κ3) is 1.66. The molecule has 0 heterocycles. The summed E-state index contributed by atoms with van der Waals surface area (Å²) in [7, 11) is 1.87. The summed E-state index contributed by atoms with van der Waals surface area (Å²) in [5.41, 5.74) is 0. The van der Waals surface area contributed by atoms with Gasteiger partial charge in [0.2, 0.25) is 0 Å². The Bertz CT molecular complexity index is 125. The Morgan fingerprint density at radius 3 is 2.40 bits per heavy atom. The van der Waals surface area contributed by atoms with Crippen molar-refractivity contribution in [3.63, 3.8) is 0 Å². The fraction of sp³-hybridized carbons (Fsp3) is 1.00. The Kier molecular flexibility index (Phi) is 1.95. The summed E-state index contributed by atoms with van der Waals surface area (Å²) >= 11 is 0. The van der Waals surface area contributed by atoms with Crippen LogP contribution in [0.4, 0.5) is 8.78 Å². The number of hydrogen-bond acceptors (Lipinski definition) is 1. The minimum Gasteiger partial charge on any atom is -0.306 e. The van der Waals surface area contributed by atoms with Gasteiger partial charge in [-0.2, -0.15) is 0 Å². The smallest absolute Gasteiger partial charge is 0.252 e. The Balaban J connectivity index is 2.17. The first kappa shape index (κ1) is 7.92. The fourth-order valence-corrected chi connectivity index (χ4v) is 0.973. The van der Waals surface area contributed by atoms with E-state index in [0.717, 1.165) is 6.54 Å². The first-order valence-electron chi connectivity index (χ1n) is 3.62. The third-order valence-electron chi connectivity index (χ3n) is 2.03. The molecule has 1 fully saturated rings. The molecule has 0 aromatic heterocycles. The summed E-state index contributed by atoms with van der Waals surface area (Å²) in [6, 6.07) is 0. The zero-order valence-electron chi connectivity index (χ0n) is 6.40. The number of alkyl halides is 2. The SMILES string of the molecule is CCN(C)C[C@H]1CC1(F)F. The lowest BCUT2D eigenvalue weighted by molar-refractivity contribution is 0.0907. The second-order valence-corrected chi connectivity index (χ2v) is 3.02. The summed E-state index contributed by atoms with van der Waals surface area (Å²) in [5.74, 6) is -2.71. The van der Waals surface area contributed by atoms with Crippen molar-refractivity contribution in [3.8, 4) is 0 Å². The normalized spacial score (nSPS) is 29.1. The van der Waals surface area contributed by atoms with Crippen LogP contribution in [0.1, 0.15) is 13.3 Å². The van der Waals surface area contributed by atoms with Gasteiger partial charge in [-0.05, 0) is 13.6 Å². The quantitative estimate of drug-likeness (QED) is 0.589. The zero-order chi connectivity index (χ0) is 7.78. The zero-order valence-corrected chi connectivity index (χ0v) is 6.40. The molecule has 0 bridgehead atoms. The molecule has 0 N–H and O–H groups in total. The Labute approximate surface area is 60.0 Å². The molecule has 0 spiro atoms. The Morgan fingerprint density at radius 2 is 2.10 bits per heavy atom. The van der Waals surface area contributed by atoms with Crippen LogP contribution in [-0.4, -0.2) is 31.0 Å². The first-order valence-corrected chi connectivity index (χ1v) is 3.62. The lowest BCUT2D eigenvalue weighted by Gasteiger charge is -2.12.